The van der Waals surface area contributed by atoms with E-state index in [0.29, 0.717) is 20.6 Å². The van der Waals surface area contributed by atoms with Gasteiger partial charge in [-0.25, -0.2) is 12.8 Å². The van der Waals surface area contributed by atoms with E-state index < -0.39 is 15.8 Å². The quantitative estimate of drug-likeness (QED) is 0.375. The van der Waals surface area contributed by atoms with Crippen molar-refractivity contribution in [2.45, 2.75) is 27.8 Å². The highest BCUT2D eigenvalue weighted by molar-refractivity contribution is 8.00. The molecular weight excluding hydrogens is 499 g/mol. The molecule has 2 amide bonds. The number of nitrogens with one attached hydrogen (secondary N) is 1. The first-order chi connectivity index (χ1) is 15.2. The molecular formula is C19H14ClFN4O4S3. The molecule has 0 saturated carbocycles. The van der Waals surface area contributed by atoms with Crippen LogP contribution in [0.15, 0.2) is 51.7 Å². The maximum Gasteiger partial charge on any atom is 0.263 e. The summed E-state index contributed by atoms with van der Waals surface area (Å²) in [7, 11) is -3.97. The van der Waals surface area contributed by atoms with Crippen LogP contribution >= 0.6 is 34.7 Å². The second-order valence-electron chi connectivity index (χ2n) is 6.58. The summed E-state index contributed by atoms with van der Waals surface area (Å²) < 4.78 is 41.9. The Hall–Kier alpha value is -2.54. The Labute approximate surface area is 195 Å². The van der Waals surface area contributed by atoms with Gasteiger partial charge in [0, 0.05) is 29.2 Å². The van der Waals surface area contributed by atoms with Crippen LogP contribution in [0.5, 0.6) is 0 Å². The summed E-state index contributed by atoms with van der Waals surface area (Å²) in [5.74, 6) is -0.864. The van der Waals surface area contributed by atoms with Gasteiger partial charge in [-0.1, -0.05) is 40.8 Å². The maximum atomic E-state index is 13.9. The fourth-order valence-electron chi connectivity index (χ4n) is 2.93. The van der Waals surface area contributed by atoms with Crippen molar-refractivity contribution in [3.05, 3.63) is 58.9 Å². The first kappa shape index (κ1) is 22.6. The van der Waals surface area contributed by atoms with Gasteiger partial charge >= 0.3 is 0 Å². The third-order valence-electron chi connectivity index (χ3n) is 4.49. The molecule has 1 aromatic heterocycles. The summed E-state index contributed by atoms with van der Waals surface area (Å²) in [4.78, 5) is 24.6. The van der Waals surface area contributed by atoms with Crippen molar-refractivity contribution in [1.82, 2.24) is 10.2 Å². The summed E-state index contributed by atoms with van der Waals surface area (Å²) in [6.07, 6.45) is 0.280. The minimum Gasteiger partial charge on any atom is -0.274 e. The highest BCUT2D eigenvalue weighted by Crippen LogP contribution is 2.32. The lowest BCUT2D eigenvalue weighted by molar-refractivity contribution is -0.121. The molecule has 4 rings (SSSR count). The van der Waals surface area contributed by atoms with Crippen molar-refractivity contribution in [3.8, 4) is 0 Å². The Morgan fingerprint density at radius 2 is 1.78 bits per heavy atom. The summed E-state index contributed by atoms with van der Waals surface area (Å²) in [5, 5.41) is 8.06. The molecule has 32 heavy (non-hydrogen) atoms. The Morgan fingerprint density at radius 1 is 1.09 bits per heavy atom. The van der Waals surface area contributed by atoms with Crippen LogP contribution in [0.3, 0.4) is 0 Å². The van der Waals surface area contributed by atoms with Crippen LogP contribution in [-0.4, -0.2) is 30.4 Å². The van der Waals surface area contributed by atoms with Gasteiger partial charge in [0.15, 0.2) is 4.34 Å². The molecule has 1 saturated heterocycles. The van der Waals surface area contributed by atoms with Crippen LogP contribution in [0.2, 0.25) is 5.02 Å². The molecule has 1 aliphatic heterocycles. The minimum absolute atomic E-state index is 0.0427. The topological polar surface area (TPSA) is 109 Å². The normalized spacial score (nSPS) is 14.2. The number of rotatable bonds is 7. The van der Waals surface area contributed by atoms with Gasteiger partial charge in [-0.15, -0.1) is 10.2 Å². The van der Waals surface area contributed by atoms with Crippen LogP contribution in [-0.2, 0) is 25.4 Å². The number of aromatic nitrogens is 2. The van der Waals surface area contributed by atoms with Crippen molar-refractivity contribution >= 4 is 67.4 Å². The van der Waals surface area contributed by atoms with Gasteiger partial charge in [0.2, 0.25) is 16.9 Å². The molecule has 8 nitrogen and oxygen atoms in total. The highest BCUT2D eigenvalue weighted by atomic mass is 35.5. The third-order valence-corrected chi connectivity index (χ3v) is 8.32. The third kappa shape index (κ3) is 4.77. The lowest BCUT2D eigenvalue weighted by Crippen LogP contribution is -2.28. The van der Waals surface area contributed by atoms with Gasteiger partial charge in [-0.05, 0) is 36.4 Å². The number of carbonyl (C=O) groups is 2. The average molecular weight is 513 g/mol. The summed E-state index contributed by atoms with van der Waals surface area (Å²) in [6.45, 7) is 0. The monoisotopic (exact) mass is 512 g/mol. The second kappa shape index (κ2) is 9.14. The van der Waals surface area contributed by atoms with Gasteiger partial charge in [-0.2, -0.15) is 0 Å². The number of hydrogen-bond donors (Lipinski definition) is 1. The molecule has 1 fully saturated rings. The lowest BCUT2D eigenvalue weighted by Gasteiger charge is -2.14. The number of amides is 2. The molecule has 2 aromatic carbocycles. The minimum atomic E-state index is -3.97. The number of sulfonamides is 1. The molecule has 0 bridgehead atoms. The van der Waals surface area contributed by atoms with Gasteiger partial charge in [-0.3, -0.25) is 19.2 Å². The molecule has 0 radical (unpaired) electrons. The Balaban J connectivity index is 1.43. The van der Waals surface area contributed by atoms with Gasteiger partial charge < -0.3 is 0 Å². The number of nitrogens with zero attached hydrogens (tertiary/aromatic N) is 3. The molecule has 0 spiro atoms. The molecule has 166 valence electrons. The van der Waals surface area contributed by atoms with Crippen LogP contribution in [0.25, 0.3) is 0 Å². The number of thioether (sulfide) groups is 1. The molecule has 0 unspecified atom stereocenters. The number of anilines is 2. The van der Waals surface area contributed by atoms with E-state index in [0.717, 1.165) is 16.2 Å². The zero-order valence-corrected chi connectivity index (χ0v) is 19.3. The Kier molecular flexibility index (Phi) is 6.47. The molecule has 0 aliphatic carbocycles. The zero-order chi connectivity index (χ0) is 22.9. The maximum absolute atomic E-state index is 13.9. The molecule has 13 heteroatoms. The molecule has 1 aliphatic rings. The molecule has 2 heterocycles. The van der Waals surface area contributed by atoms with E-state index in [1.165, 1.54) is 48.2 Å². The van der Waals surface area contributed by atoms with E-state index in [1.807, 2.05) is 0 Å². The van der Waals surface area contributed by atoms with Crippen molar-refractivity contribution in [2.75, 3.05) is 9.62 Å². The van der Waals surface area contributed by atoms with Crippen LogP contribution in [0.4, 0.5) is 15.2 Å². The van der Waals surface area contributed by atoms with Crippen LogP contribution in [0, 0.1) is 5.82 Å². The first-order valence-corrected chi connectivity index (χ1v) is 12.8. The largest absolute Gasteiger partial charge is 0.274 e. The van der Waals surface area contributed by atoms with Crippen molar-refractivity contribution in [3.63, 3.8) is 0 Å². The van der Waals surface area contributed by atoms with Gasteiger partial charge in [0.05, 0.1) is 10.6 Å². The highest BCUT2D eigenvalue weighted by Gasteiger charge is 2.30. The van der Waals surface area contributed by atoms with Crippen LogP contribution in [0.1, 0.15) is 18.4 Å². The molecule has 0 atom stereocenters. The predicted octanol–water partition coefficient (Wildman–Crippen LogP) is 4.08. The molecule has 1 N–H and O–H groups in total. The van der Waals surface area contributed by atoms with Crippen molar-refractivity contribution in [1.29, 1.82) is 0 Å². The summed E-state index contributed by atoms with van der Waals surface area (Å²) in [5.41, 5.74) is 0.643. The number of benzene rings is 2. The average Bonchev–Trinajstić information content (AvgIpc) is 3.33. The van der Waals surface area contributed by atoms with E-state index in [1.54, 1.807) is 6.07 Å². The smallest absolute Gasteiger partial charge is 0.263 e. The van der Waals surface area contributed by atoms with E-state index in [2.05, 4.69) is 14.9 Å². The van der Waals surface area contributed by atoms with E-state index in [9.17, 15) is 22.4 Å². The SMILES string of the molecule is O=C1CCC(=O)N1c1ccc(S(=O)(=O)Nc2nnc(SCc3c(F)cccc3Cl)s2)cc1. The van der Waals surface area contributed by atoms with Crippen molar-refractivity contribution in [2.24, 2.45) is 0 Å². The number of halogens is 2. The first-order valence-electron chi connectivity index (χ1n) is 9.12. The fourth-order valence-corrected chi connectivity index (χ4v) is 6.25. The van der Waals surface area contributed by atoms with E-state index in [4.69, 9.17) is 11.6 Å². The standard InChI is InChI=1S/C19H14ClFN4O4S3/c20-14-2-1-3-15(21)13(14)10-30-19-23-22-18(31-19)24-32(28,29)12-6-4-11(5-7-12)25-16(26)8-9-17(25)27/h1-7H,8-10H2,(H,22,24). The Morgan fingerprint density at radius 3 is 2.44 bits per heavy atom. The zero-order valence-electron chi connectivity index (χ0n) is 16.1. The van der Waals surface area contributed by atoms with E-state index in [-0.39, 0.29) is 40.4 Å². The number of imide groups is 1. The summed E-state index contributed by atoms with van der Waals surface area (Å²) in [6, 6.07) is 9.80. The van der Waals surface area contributed by atoms with Crippen LogP contribution < -0.4 is 9.62 Å². The number of hydrogen-bond acceptors (Lipinski definition) is 8. The fraction of sp³-hybridized carbons (Fsp3) is 0.158. The van der Waals surface area contributed by atoms with Gasteiger partial charge in [0.1, 0.15) is 5.82 Å². The Bertz CT molecular complexity index is 1260. The summed E-state index contributed by atoms with van der Waals surface area (Å²) >= 11 is 8.18. The van der Waals surface area contributed by atoms with Crippen molar-refractivity contribution < 1.29 is 22.4 Å². The molecule has 3 aromatic rings. The number of carbonyl (C=O) groups excluding carboxylic acids is 2. The lowest BCUT2D eigenvalue weighted by atomic mass is 10.2. The predicted molar refractivity (Wildman–Crippen MR) is 120 cm³/mol. The van der Waals surface area contributed by atoms with E-state index >= 15 is 0 Å². The van der Waals surface area contributed by atoms with Gasteiger partial charge in [0.25, 0.3) is 10.0 Å². The second-order valence-corrected chi connectivity index (χ2v) is 10.9.